The molecule has 34 heavy (non-hydrogen) atoms. The number of phenols is 1. The Labute approximate surface area is 200 Å². The maximum absolute atomic E-state index is 11.4. The number of rotatable bonds is 8. The first-order chi connectivity index (χ1) is 16.2. The molecular formula is C26H28N2O5S. The van der Waals surface area contributed by atoms with Gasteiger partial charge in [0.05, 0.1) is 0 Å². The molecule has 1 aliphatic carbocycles. The second-order valence-electron chi connectivity index (χ2n) is 8.47. The summed E-state index contributed by atoms with van der Waals surface area (Å²) < 4.78 is 33.5. The maximum Gasteiger partial charge on any atom is 0.380 e. The number of hydrogen-bond acceptors (Lipinski definition) is 6. The van der Waals surface area contributed by atoms with E-state index in [1.807, 2.05) is 56.6 Å². The number of aromatic hydroxyl groups is 1. The summed E-state index contributed by atoms with van der Waals surface area (Å²) in [6.45, 7) is 1.43. The number of nitrogens with zero attached hydrogens (tertiary/aromatic N) is 1. The second kappa shape index (κ2) is 9.89. The summed E-state index contributed by atoms with van der Waals surface area (Å²) in [5.74, 6) is 1.20. The molecule has 0 aromatic heterocycles. The third kappa shape index (κ3) is 5.77. The molecule has 0 saturated heterocycles. The van der Waals surface area contributed by atoms with Gasteiger partial charge in [0.25, 0.3) is 0 Å². The fourth-order valence-electron chi connectivity index (χ4n) is 4.10. The highest BCUT2D eigenvalue weighted by molar-refractivity contribution is 7.84. The molecule has 0 aliphatic heterocycles. The third-order valence-electron chi connectivity index (χ3n) is 5.67. The smallest absolute Gasteiger partial charge is 0.380 e. The number of aryl methyl sites for hydroxylation is 1. The topological polar surface area (TPSA) is 102 Å². The number of ether oxygens (including phenoxy) is 1. The van der Waals surface area contributed by atoms with E-state index in [9.17, 15) is 13.5 Å². The molecule has 0 saturated carbocycles. The van der Waals surface area contributed by atoms with E-state index in [0.29, 0.717) is 13.0 Å². The minimum atomic E-state index is -4.10. The molecule has 0 heterocycles. The van der Waals surface area contributed by atoms with Gasteiger partial charge in [0.1, 0.15) is 23.9 Å². The summed E-state index contributed by atoms with van der Waals surface area (Å²) >= 11 is 0. The van der Waals surface area contributed by atoms with Gasteiger partial charge in [-0.15, -0.1) is 0 Å². The average Bonchev–Trinajstić information content (AvgIpc) is 2.78. The molecule has 8 heteroatoms. The second-order valence-corrected chi connectivity index (χ2v) is 9.62. The van der Waals surface area contributed by atoms with E-state index in [0.717, 1.165) is 52.1 Å². The lowest BCUT2D eigenvalue weighted by Crippen LogP contribution is -2.19. The van der Waals surface area contributed by atoms with Crippen LogP contribution in [-0.4, -0.2) is 45.7 Å². The number of nitrogens with two attached hydrogens (primary N) is 1. The first-order valence-corrected chi connectivity index (χ1v) is 12.4. The van der Waals surface area contributed by atoms with Gasteiger partial charge in [0.15, 0.2) is 0 Å². The minimum absolute atomic E-state index is 0.193. The first-order valence-electron chi connectivity index (χ1n) is 11.0. The highest BCUT2D eigenvalue weighted by Gasteiger charge is 2.23. The van der Waals surface area contributed by atoms with Crippen LogP contribution in [0.2, 0.25) is 0 Å². The van der Waals surface area contributed by atoms with Crippen molar-refractivity contribution in [2.75, 3.05) is 27.2 Å². The zero-order chi connectivity index (χ0) is 24.3. The summed E-state index contributed by atoms with van der Waals surface area (Å²) in [6, 6.07) is 20.4. The Morgan fingerprint density at radius 1 is 0.912 bits per heavy atom. The molecule has 0 atom stereocenters. The zero-order valence-electron chi connectivity index (χ0n) is 19.2. The molecule has 0 unspecified atom stereocenters. The van der Waals surface area contributed by atoms with E-state index >= 15 is 0 Å². The molecule has 0 spiro atoms. The molecule has 7 nitrogen and oxygen atoms in total. The molecule has 0 radical (unpaired) electrons. The van der Waals surface area contributed by atoms with Crippen LogP contribution in [0.3, 0.4) is 0 Å². The van der Waals surface area contributed by atoms with Crippen molar-refractivity contribution in [2.45, 2.75) is 12.8 Å². The van der Waals surface area contributed by atoms with Crippen LogP contribution in [0.15, 0.2) is 66.7 Å². The standard InChI is InChI=1S/C26H28N2O5S/c1-28(2)15-16-32-22-10-5-19(6-11-22)26-24(18-3-8-21(29)9-4-18)13-7-20-17-23(12-14-25(20)26)33-34(27,30)31/h3-6,8-12,14,17,29H,7,13,15-16H2,1-2H3,(H2,27,30,31). The lowest BCUT2D eigenvalue weighted by Gasteiger charge is -2.25. The molecular weight excluding hydrogens is 452 g/mol. The Bertz CT molecular complexity index is 1300. The van der Waals surface area contributed by atoms with E-state index in [1.165, 1.54) is 0 Å². The van der Waals surface area contributed by atoms with Gasteiger partial charge in [-0.25, -0.2) is 0 Å². The first kappa shape index (κ1) is 23.8. The SMILES string of the molecule is CN(C)CCOc1ccc(C2=C(c3ccc(O)cc3)CCc3cc(OS(N)(=O)=O)ccc32)cc1. The van der Waals surface area contributed by atoms with E-state index in [2.05, 4.69) is 4.90 Å². The maximum atomic E-state index is 11.4. The lowest BCUT2D eigenvalue weighted by molar-refractivity contribution is 0.261. The molecule has 0 fully saturated rings. The van der Waals surface area contributed by atoms with Crippen LogP contribution in [0.1, 0.15) is 28.7 Å². The Morgan fingerprint density at radius 2 is 1.56 bits per heavy atom. The number of benzene rings is 3. The van der Waals surface area contributed by atoms with Gasteiger partial charge in [0, 0.05) is 6.54 Å². The number of phenolic OH excluding ortho intramolecular Hbond substituents is 1. The van der Waals surface area contributed by atoms with Crippen LogP contribution < -0.4 is 14.1 Å². The van der Waals surface area contributed by atoms with Crippen molar-refractivity contribution in [3.63, 3.8) is 0 Å². The molecule has 0 bridgehead atoms. The normalized spacial score (nSPS) is 13.6. The van der Waals surface area contributed by atoms with Crippen molar-refractivity contribution in [1.29, 1.82) is 0 Å². The van der Waals surface area contributed by atoms with E-state index in [1.54, 1.807) is 24.3 Å². The van der Waals surface area contributed by atoms with Gasteiger partial charge in [0.2, 0.25) is 0 Å². The van der Waals surface area contributed by atoms with E-state index < -0.39 is 10.3 Å². The van der Waals surface area contributed by atoms with Crippen molar-refractivity contribution in [1.82, 2.24) is 4.90 Å². The van der Waals surface area contributed by atoms with Crippen LogP contribution in [-0.2, 0) is 16.7 Å². The average molecular weight is 481 g/mol. The number of allylic oxidation sites excluding steroid dienone is 1. The van der Waals surface area contributed by atoms with Gasteiger partial charge in [-0.1, -0.05) is 30.3 Å². The monoisotopic (exact) mass is 480 g/mol. The highest BCUT2D eigenvalue weighted by Crippen LogP contribution is 2.42. The molecule has 3 aromatic carbocycles. The largest absolute Gasteiger partial charge is 0.508 e. The van der Waals surface area contributed by atoms with Crippen LogP contribution in [0, 0.1) is 0 Å². The Hall–Kier alpha value is -3.33. The van der Waals surface area contributed by atoms with Crippen molar-refractivity contribution < 1.29 is 22.4 Å². The fourth-order valence-corrected chi connectivity index (χ4v) is 4.47. The van der Waals surface area contributed by atoms with Crippen molar-refractivity contribution in [3.05, 3.63) is 89.0 Å². The van der Waals surface area contributed by atoms with Crippen LogP contribution in [0.25, 0.3) is 11.1 Å². The fraction of sp³-hybridized carbons (Fsp3) is 0.231. The Kier molecular flexibility index (Phi) is 6.92. The summed E-state index contributed by atoms with van der Waals surface area (Å²) in [7, 11) is -0.0904. The Balaban J connectivity index is 1.75. The molecule has 4 rings (SSSR count). The summed E-state index contributed by atoms with van der Waals surface area (Å²) in [5.41, 5.74) is 6.21. The molecule has 0 amide bonds. The summed E-state index contributed by atoms with van der Waals surface area (Å²) in [5, 5.41) is 14.8. The highest BCUT2D eigenvalue weighted by atomic mass is 32.2. The van der Waals surface area contributed by atoms with Gasteiger partial charge in [-0.3, -0.25) is 0 Å². The van der Waals surface area contributed by atoms with Gasteiger partial charge in [-0.2, -0.15) is 13.6 Å². The van der Waals surface area contributed by atoms with Crippen molar-refractivity contribution in [3.8, 4) is 17.2 Å². The molecule has 3 N–H and O–H groups in total. The Morgan fingerprint density at radius 3 is 2.21 bits per heavy atom. The number of fused-ring (bicyclic) bond motifs is 1. The predicted molar refractivity (Wildman–Crippen MR) is 133 cm³/mol. The number of hydrogen-bond donors (Lipinski definition) is 2. The lowest BCUT2D eigenvalue weighted by atomic mass is 9.79. The quantitative estimate of drug-likeness (QED) is 0.508. The molecule has 1 aliphatic rings. The predicted octanol–water partition coefficient (Wildman–Crippen LogP) is 3.82. The van der Waals surface area contributed by atoms with Crippen LogP contribution >= 0.6 is 0 Å². The number of likely N-dealkylation sites (N-methyl/N-ethyl adjacent to an activating group) is 1. The molecule has 178 valence electrons. The van der Waals surface area contributed by atoms with Gasteiger partial charge >= 0.3 is 10.3 Å². The van der Waals surface area contributed by atoms with Crippen LogP contribution in [0.4, 0.5) is 0 Å². The summed E-state index contributed by atoms with van der Waals surface area (Å²) in [4.78, 5) is 2.07. The van der Waals surface area contributed by atoms with Crippen molar-refractivity contribution >= 4 is 21.5 Å². The zero-order valence-corrected chi connectivity index (χ0v) is 20.0. The molecule has 3 aromatic rings. The van der Waals surface area contributed by atoms with Crippen molar-refractivity contribution in [2.24, 2.45) is 5.14 Å². The third-order valence-corrected chi connectivity index (χ3v) is 6.10. The van der Waals surface area contributed by atoms with E-state index in [-0.39, 0.29) is 11.5 Å². The minimum Gasteiger partial charge on any atom is -0.508 e. The summed E-state index contributed by atoms with van der Waals surface area (Å²) in [6.07, 6.45) is 1.45. The van der Waals surface area contributed by atoms with Gasteiger partial charge in [-0.05, 0) is 96.7 Å². The van der Waals surface area contributed by atoms with E-state index in [4.69, 9.17) is 14.1 Å². The van der Waals surface area contributed by atoms with Gasteiger partial charge < -0.3 is 18.9 Å². The van der Waals surface area contributed by atoms with Crippen LogP contribution in [0.5, 0.6) is 17.2 Å².